The quantitative estimate of drug-likeness (QED) is 0.642. The molecule has 1 rings (SSSR count). The number of benzene rings is 1. The molecule has 1 aromatic carbocycles. The third kappa shape index (κ3) is 1.71. The maximum atomic E-state index is 9.08. The molecule has 0 bridgehead atoms. The van der Waals surface area contributed by atoms with E-state index in [-0.39, 0.29) is 6.04 Å². The SMILES string of the molecule is Cc1cc(O)ccc1[C@@H](C)N. The molecular formula is C9H13NO. The lowest BCUT2D eigenvalue weighted by atomic mass is 10.0. The van der Waals surface area contributed by atoms with Crippen molar-refractivity contribution in [3.8, 4) is 5.75 Å². The second-order valence-corrected chi connectivity index (χ2v) is 2.83. The predicted molar refractivity (Wildman–Crippen MR) is 45.4 cm³/mol. The van der Waals surface area contributed by atoms with Crippen LogP contribution in [0.25, 0.3) is 0 Å². The van der Waals surface area contributed by atoms with Gasteiger partial charge in [0.05, 0.1) is 0 Å². The van der Waals surface area contributed by atoms with E-state index in [1.807, 2.05) is 19.9 Å². The average molecular weight is 151 g/mol. The van der Waals surface area contributed by atoms with E-state index in [0.717, 1.165) is 11.1 Å². The summed E-state index contributed by atoms with van der Waals surface area (Å²) in [5.41, 5.74) is 7.81. The zero-order chi connectivity index (χ0) is 8.43. The molecule has 0 amide bonds. The number of nitrogens with two attached hydrogens (primary N) is 1. The molecular weight excluding hydrogens is 138 g/mol. The van der Waals surface area contributed by atoms with Crippen LogP contribution in [0.4, 0.5) is 0 Å². The molecule has 1 aromatic rings. The van der Waals surface area contributed by atoms with E-state index >= 15 is 0 Å². The van der Waals surface area contributed by atoms with Gasteiger partial charge < -0.3 is 10.8 Å². The lowest BCUT2D eigenvalue weighted by Crippen LogP contribution is -2.06. The first-order valence-corrected chi connectivity index (χ1v) is 3.66. The second kappa shape index (κ2) is 2.93. The van der Waals surface area contributed by atoms with Crippen LogP contribution in [0.15, 0.2) is 18.2 Å². The van der Waals surface area contributed by atoms with Crippen LogP contribution >= 0.6 is 0 Å². The molecule has 0 aliphatic heterocycles. The van der Waals surface area contributed by atoms with E-state index in [1.165, 1.54) is 0 Å². The minimum absolute atomic E-state index is 0.0376. The predicted octanol–water partition coefficient (Wildman–Crippen LogP) is 1.72. The monoisotopic (exact) mass is 151 g/mol. The summed E-state index contributed by atoms with van der Waals surface area (Å²) in [6.07, 6.45) is 0. The van der Waals surface area contributed by atoms with Gasteiger partial charge in [0, 0.05) is 6.04 Å². The van der Waals surface area contributed by atoms with E-state index in [1.54, 1.807) is 12.1 Å². The van der Waals surface area contributed by atoms with E-state index in [9.17, 15) is 0 Å². The normalized spacial score (nSPS) is 13.0. The summed E-state index contributed by atoms with van der Waals surface area (Å²) >= 11 is 0. The lowest BCUT2D eigenvalue weighted by Gasteiger charge is -2.08. The van der Waals surface area contributed by atoms with Crippen molar-refractivity contribution in [1.29, 1.82) is 0 Å². The van der Waals surface area contributed by atoms with Crippen LogP contribution in [0.1, 0.15) is 24.1 Å². The summed E-state index contributed by atoms with van der Waals surface area (Å²) in [5, 5.41) is 9.08. The second-order valence-electron chi connectivity index (χ2n) is 2.83. The number of phenols is 1. The summed E-state index contributed by atoms with van der Waals surface area (Å²) < 4.78 is 0. The van der Waals surface area contributed by atoms with Crippen LogP contribution < -0.4 is 5.73 Å². The molecule has 0 heterocycles. The Bertz CT molecular complexity index is 256. The van der Waals surface area contributed by atoms with Crippen molar-refractivity contribution in [2.45, 2.75) is 19.9 Å². The minimum Gasteiger partial charge on any atom is -0.508 e. The van der Waals surface area contributed by atoms with Crippen LogP contribution in [0.5, 0.6) is 5.75 Å². The van der Waals surface area contributed by atoms with Crippen molar-refractivity contribution >= 4 is 0 Å². The molecule has 0 radical (unpaired) electrons. The van der Waals surface area contributed by atoms with Crippen molar-refractivity contribution in [1.82, 2.24) is 0 Å². The highest BCUT2D eigenvalue weighted by Crippen LogP contribution is 2.19. The Kier molecular flexibility index (Phi) is 2.15. The van der Waals surface area contributed by atoms with Gasteiger partial charge in [0.1, 0.15) is 5.75 Å². The molecule has 1 atom stereocenters. The Morgan fingerprint density at radius 2 is 2.09 bits per heavy atom. The highest BCUT2D eigenvalue weighted by Gasteiger charge is 2.02. The molecule has 0 fully saturated rings. The summed E-state index contributed by atoms with van der Waals surface area (Å²) in [5.74, 6) is 0.298. The third-order valence-corrected chi connectivity index (χ3v) is 1.74. The van der Waals surface area contributed by atoms with E-state index in [4.69, 9.17) is 10.8 Å². The first-order chi connectivity index (χ1) is 5.11. The number of hydrogen-bond donors (Lipinski definition) is 2. The van der Waals surface area contributed by atoms with E-state index in [2.05, 4.69) is 0 Å². The maximum Gasteiger partial charge on any atom is 0.115 e. The first kappa shape index (κ1) is 8.08. The molecule has 2 nitrogen and oxygen atoms in total. The molecule has 11 heavy (non-hydrogen) atoms. The van der Waals surface area contributed by atoms with Crippen molar-refractivity contribution in [3.05, 3.63) is 29.3 Å². The van der Waals surface area contributed by atoms with Gasteiger partial charge in [0.15, 0.2) is 0 Å². The molecule has 0 aliphatic carbocycles. The largest absolute Gasteiger partial charge is 0.508 e. The fourth-order valence-corrected chi connectivity index (χ4v) is 1.17. The van der Waals surface area contributed by atoms with Gasteiger partial charge in [0.25, 0.3) is 0 Å². The Balaban J connectivity index is 3.09. The van der Waals surface area contributed by atoms with Gasteiger partial charge >= 0.3 is 0 Å². The van der Waals surface area contributed by atoms with Crippen LogP contribution in [-0.4, -0.2) is 5.11 Å². The molecule has 0 spiro atoms. The Hall–Kier alpha value is -1.02. The standard InChI is InChI=1S/C9H13NO/c1-6-5-8(11)3-4-9(6)7(2)10/h3-5,7,11H,10H2,1-2H3/t7-/m1/s1. The molecule has 60 valence electrons. The molecule has 0 unspecified atom stereocenters. The maximum absolute atomic E-state index is 9.08. The van der Waals surface area contributed by atoms with Crippen molar-refractivity contribution in [2.24, 2.45) is 5.73 Å². The molecule has 0 saturated heterocycles. The molecule has 3 N–H and O–H groups in total. The van der Waals surface area contributed by atoms with Gasteiger partial charge in [-0.25, -0.2) is 0 Å². The Morgan fingerprint density at radius 3 is 2.55 bits per heavy atom. The van der Waals surface area contributed by atoms with Crippen LogP contribution in [0.2, 0.25) is 0 Å². The summed E-state index contributed by atoms with van der Waals surface area (Å²) in [6.45, 7) is 3.87. The van der Waals surface area contributed by atoms with E-state index in [0.29, 0.717) is 5.75 Å². The smallest absolute Gasteiger partial charge is 0.115 e. The minimum atomic E-state index is 0.0376. The highest BCUT2D eigenvalue weighted by atomic mass is 16.3. The molecule has 0 aromatic heterocycles. The van der Waals surface area contributed by atoms with Gasteiger partial charge in [0.2, 0.25) is 0 Å². The van der Waals surface area contributed by atoms with Crippen LogP contribution in [0, 0.1) is 6.92 Å². The van der Waals surface area contributed by atoms with Gasteiger partial charge in [-0.1, -0.05) is 6.07 Å². The number of rotatable bonds is 1. The fraction of sp³-hybridized carbons (Fsp3) is 0.333. The van der Waals surface area contributed by atoms with Gasteiger partial charge in [-0.15, -0.1) is 0 Å². The number of hydrogen-bond acceptors (Lipinski definition) is 2. The lowest BCUT2D eigenvalue weighted by molar-refractivity contribution is 0.474. The molecule has 0 saturated carbocycles. The Morgan fingerprint density at radius 1 is 1.45 bits per heavy atom. The highest BCUT2D eigenvalue weighted by molar-refractivity contribution is 5.35. The molecule has 0 aliphatic rings. The van der Waals surface area contributed by atoms with Gasteiger partial charge in [-0.2, -0.15) is 0 Å². The van der Waals surface area contributed by atoms with Gasteiger partial charge in [-0.05, 0) is 37.1 Å². The molecule has 2 heteroatoms. The first-order valence-electron chi connectivity index (χ1n) is 3.66. The topological polar surface area (TPSA) is 46.2 Å². The fourth-order valence-electron chi connectivity index (χ4n) is 1.17. The zero-order valence-corrected chi connectivity index (χ0v) is 6.83. The number of aromatic hydroxyl groups is 1. The Labute approximate surface area is 66.7 Å². The third-order valence-electron chi connectivity index (χ3n) is 1.74. The number of aryl methyl sites for hydroxylation is 1. The number of phenolic OH excluding ortho intramolecular Hbond substituents is 1. The van der Waals surface area contributed by atoms with Crippen LogP contribution in [0.3, 0.4) is 0 Å². The van der Waals surface area contributed by atoms with Crippen molar-refractivity contribution in [2.75, 3.05) is 0 Å². The summed E-state index contributed by atoms with van der Waals surface area (Å²) in [6, 6.07) is 5.27. The summed E-state index contributed by atoms with van der Waals surface area (Å²) in [7, 11) is 0. The van der Waals surface area contributed by atoms with Crippen molar-refractivity contribution in [3.63, 3.8) is 0 Å². The average Bonchev–Trinajstić information content (AvgIpc) is 1.85. The zero-order valence-electron chi connectivity index (χ0n) is 6.83. The van der Waals surface area contributed by atoms with E-state index < -0.39 is 0 Å². The summed E-state index contributed by atoms with van der Waals surface area (Å²) in [4.78, 5) is 0. The van der Waals surface area contributed by atoms with Crippen molar-refractivity contribution < 1.29 is 5.11 Å². The van der Waals surface area contributed by atoms with Crippen LogP contribution in [-0.2, 0) is 0 Å². The van der Waals surface area contributed by atoms with Gasteiger partial charge in [-0.3, -0.25) is 0 Å².